The predicted octanol–water partition coefficient (Wildman–Crippen LogP) is 2.79. The van der Waals surface area contributed by atoms with E-state index in [1.165, 1.54) is 45.2 Å². The zero-order chi connectivity index (χ0) is 18.9. The molecule has 6 nitrogen and oxygen atoms in total. The number of hydrogen-bond acceptors (Lipinski definition) is 4. The summed E-state index contributed by atoms with van der Waals surface area (Å²) < 4.78 is 7.13. The molecule has 0 saturated carbocycles. The molecule has 3 rings (SSSR count). The Morgan fingerprint density at radius 2 is 2.11 bits per heavy atom. The molecule has 1 amide bonds. The van der Waals surface area contributed by atoms with Gasteiger partial charge < -0.3 is 14.5 Å². The molecule has 3 heterocycles. The third kappa shape index (κ3) is 6.04. The monoisotopic (exact) mass is 376 g/mol. The van der Waals surface area contributed by atoms with Gasteiger partial charge in [0, 0.05) is 58.2 Å². The summed E-state index contributed by atoms with van der Waals surface area (Å²) in [4.78, 5) is 17.8. The van der Waals surface area contributed by atoms with E-state index in [4.69, 9.17) is 4.74 Å². The van der Waals surface area contributed by atoms with Crippen LogP contribution in [0.4, 0.5) is 0 Å². The number of aromatic nitrogens is 2. The first-order valence-corrected chi connectivity index (χ1v) is 10.8. The Hall–Kier alpha value is -1.40. The number of aryl methyl sites for hydroxylation is 1. The molecule has 2 atom stereocenters. The summed E-state index contributed by atoms with van der Waals surface area (Å²) in [6, 6.07) is 2.62. The summed E-state index contributed by atoms with van der Waals surface area (Å²) in [5.74, 6) is 0.933. The second kappa shape index (κ2) is 10.8. The van der Waals surface area contributed by atoms with Crippen LogP contribution in [0.15, 0.2) is 18.5 Å². The van der Waals surface area contributed by atoms with Gasteiger partial charge in [0.15, 0.2) is 0 Å². The Kier molecular flexibility index (Phi) is 8.14. The first kappa shape index (κ1) is 20.3. The van der Waals surface area contributed by atoms with Gasteiger partial charge in [-0.2, -0.15) is 5.10 Å². The van der Waals surface area contributed by atoms with Crippen molar-refractivity contribution >= 4 is 5.91 Å². The van der Waals surface area contributed by atoms with Crippen molar-refractivity contribution in [2.75, 3.05) is 39.9 Å². The summed E-state index contributed by atoms with van der Waals surface area (Å²) >= 11 is 0. The van der Waals surface area contributed by atoms with E-state index in [2.05, 4.69) is 14.9 Å². The first-order chi connectivity index (χ1) is 13.3. The molecule has 1 aromatic heterocycles. The maximum absolute atomic E-state index is 12.9. The topological polar surface area (TPSA) is 50.6 Å². The van der Waals surface area contributed by atoms with Crippen molar-refractivity contribution in [2.45, 2.75) is 64.0 Å². The van der Waals surface area contributed by atoms with Crippen molar-refractivity contribution in [2.24, 2.45) is 5.92 Å². The highest BCUT2D eigenvalue weighted by Crippen LogP contribution is 2.31. The Bertz CT molecular complexity index is 546. The van der Waals surface area contributed by atoms with E-state index in [-0.39, 0.29) is 0 Å². The SMILES string of the molecule is COCCCN(C[C@H]1CCCN2CCCC[C@@H]12)C(=O)CCCn1cccn1. The number of carbonyl (C=O) groups is 1. The van der Waals surface area contributed by atoms with Crippen molar-refractivity contribution in [3.8, 4) is 0 Å². The molecule has 2 aliphatic heterocycles. The van der Waals surface area contributed by atoms with Crippen molar-refractivity contribution in [1.29, 1.82) is 0 Å². The quantitative estimate of drug-likeness (QED) is 0.589. The number of ether oxygens (including phenoxy) is 1. The minimum Gasteiger partial charge on any atom is -0.385 e. The maximum Gasteiger partial charge on any atom is 0.222 e. The molecule has 0 aliphatic carbocycles. The molecule has 0 aromatic carbocycles. The number of nitrogens with zero attached hydrogens (tertiary/aromatic N) is 4. The fraction of sp³-hybridized carbons (Fsp3) is 0.810. The highest BCUT2D eigenvalue weighted by atomic mass is 16.5. The maximum atomic E-state index is 12.9. The molecule has 152 valence electrons. The Balaban J connectivity index is 1.53. The van der Waals surface area contributed by atoms with Gasteiger partial charge in [0.05, 0.1) is 0 Å². The van der Waals surface area contributed by atoms with Crippen LogP contribution in [0.25, 0.3) is 0 Å². The number of methoxy groups -OCH3 is 1. The van der Waals surface area contributed by atoms with Gasteiger partial charge in [0.25, 0.3) is 0 Å². The molecular weight excluding hydrogens is 340 g/mol. The van der Waals surface area contributed by atoms with E-state index in [0.717, 1.165) is 39.1 Å². The van der Waals surface area contributed by atoms with Gasteiger partial charge >= 0.3 is 0 Å². The van der Waals surface area contributed by atoms with Crippen LogP contribution in [0.3, 0.4) is 0 Å². The predicted molar refractivity (Wildman–Crippen MR) is 106 cm³/mol. The van der Waals surface area contributed by atoms with Crippen molar-refractivity contribution in [3.05, 3.63) is 18.5 Å². The molecular formula is C21H36N4O2. The van der Waals surface area contributed by atoms with Crippen LogP contribution in [0.5, 0.6) is 0 Å². The lowest BCUT2D eigenvalue weighted by Gasteiger charge is -2.45. The zero-order valence-corrected chi connectivity index (χ0v) is 16.9. The molecule has 2 fully saturated rings. The van der Waals surface area contributed by atoms with E-state index in [1.54, 1.807) is 13.3 Å². The van der Waals surface area contributed by atoms with Gasteiger partial charge in [0.2, 0.25) is 5.91 Å². The minimum absolute atomic E-state index is 0.297. The molecule has 27 heavy (non-hydrogen) atoms. The highest BCUT2D eigenvalue weighted by molar-refractivity contribution is 5.76. The summed E-state index contributed by atoms with van der Waals surface area (Å²) in [7, 11) is 1.73. The van der Waals surface area contributed by atoms with E-state index >= 15 is 0 Å². The third-order valence-corrected chi connectivity index (χ3v) is 6.15. The second-order valence-electron chi connectivity index (χ2n) is 8.06. The van der Waals surface area contributed by atoms with Crippen LogP contribution in [0, 0.1) is 5.92 Å². The molecule has 0 bridgehead atoms. The summed E-state index contributed by atoms with van der Waals surface area (Å²) in [6.07, 6.45) is 12.7. The van der Waals surface area contributed by atoms with E-state index < -0.39 is 0 Å². The number of amides is 1. The Labute approximate surface area is 163 Å². The molecule has 6 heteroatoms. The lowest BCUT2D eigenvalue weighted by atomic mass is 9.83. The highest BCUT2D eigenvalue weighted by Gasteiger charge is 2.34. The normalized spacial score (nSPS) is 23.1. The smallest absolute Gasteiger partial charge is 0.222 e. The van der Waals surface area contributed by atoms with Crippen LogP contribution < -0.4 is 0 Å². The lowest BCUT2D eigenvalue weighted by Crippen LogP contribution is -2.51. The number of hydrogen-bond donors (Lipinski definition) is 0. The van der Waals surface area contributed by atoms with Gasteiger partial charge in [-0.15, -0.1) is 0 Å². The van der Waals surface area contributed by atoms with Crippen LogP contribution in [-0.2, 0) is 16.1 Å². The average molecular weight is 377 g/mol. The van der Waals surface area contributed by atoms with E-state index in [9.17, 15) is 4.79 Å². The van der Waals surface area contributed by atoms with Gasteiger partial charge in [-0.3, -0.25) is 9.48 Å². The first-order valence-electron chi connectivity index (χ1n) is 10.8. The number of rotatable bonds is 10. The molecule has 0 radical (unpaired) electrons. The van der Waals surface area contributed by atoms with Gasteiger partial charge in [-0.1, -0.05) is 6.42 Å². The van der Waals surface area contributed by atoms with Crippen LogP contribution in [0.1, 0.15) is 51.4 Å². The van der Waals surface area contributed by atoms with Crippen molar-refractivity contribution < 1.29 is 9.53 Å². The van der Waals surface area contributed by atoms with Crippen molar-refractivity contribution in [3.63, 3.8) is 0 Å². The molecule has 0 N–H and O–H groups in total. The van der Waals surface area contributed by atoms with Gasteiger partial charge in [0.1, 0.15) is 0 Å². The van der Waals surface area contributed by atoms with Gasteiger partial charge in [-0.25, -0.2) is 0 Å². The van der Waals surface area contributed by atoms with Crippen LogP contribution >= 0.6 is 0 Å². The fourth-order valence-corrected chi connectivity index (χ4v) is 4.77. The lowest BCUT2D eigenvalue weighted by molar-refractivity contribution is -0.133. The van der Waals surface area contributed by atoms with E-state index in [1.807, 2.05) is 16.9 Å². The molecule has 1 aromatic rings. The van der Waals surface area contributed by atoms with E-state index in [0.29, 0.717) is 24.3 Å². The average Bonchev–Trinajstić information content (AvgIpc) is 3.21. The van der Waals surface area contributed by atoms with Gasteiger partial charge in [-0.05, 0) is 63.6 Å². The van der Waals surface area contributed by atoms with Crippen LogP contribution in [-0.4, -0.2) is 71.4 Å². The fourth-order valence-electron chi connectivity index (χ4n) is 4.77. The molecule has 2 saturated heterocycles. The second-order valence-corrected chi connectivity index (χ2v) is 8.06. The number of fused-ring (bicyclic) bond motifs is 1. The van der Waals surface area contributed by atoms with Crippen molar-refractivity contribution in [1.82, 2.24) is 19.6 Å². The summed E-state index contributed by atoms with van der Waals surface area (Å²) in [5, 5.41) is 4.23. The summed E-state index contributed by atoms with van der Waals surface area (Å²) in [6.45, 7) is 5.77. The molecule has 0 spiro atoms. The number of piperidine rings is 2. The summed E-state index contributed by atoms with van der Waals surface area (Å²) in [5.41, 5.74) is 0. The molecule has 0 unspecified atom stereocenters. The minimum atomic E-state index is 0.297. The standard InChI is InChI=1S/C21H36N4O2/c1-27-17-7-14-24(21(26)10-5-15-25-16-6-11-22-25)18-19-8-4-13-23-12-3-2-9-20(19)23/h6,11,16,19-20H,2-5,7-10,12-15,17-18H2,1H3/t19-,20+/m1/s1. The zero-order valence-electron chi connectivity index (χ0n) is 16.9. The Morgan fingerprint density at radius 1 is 1.22 bits per heavy atom. The van der Waals surface area contributed by atoms with Crippen LogP contribution in [0.2, 0.25) is 0 Å². The Morgan fingerprint density at radius 3 is 2.93 bits per heavy atom. The molecule has 2 aliphatic rings. The largest absolute Gasteiger partial charge is 0.385 e. The number of carbonyl (C=O) groups excluding carboxylic acids is 1. The third-order valence-electron chi connectivity index (χ3n) is 6.15.